The molecule has 1 rings (SSSR count). The average molecular weight is 261 g/mol. The van der Waals surface area contributed by atoms with Crippen molar-refractivity contribution in [2.45, 2.75) is 52.7 Å². The summed E-state index contributed by atoms with van der Waals surface area (Å²) in [5.41, 5.74) is 1.34. The summed E-state index contributed by atoms with van der Waals surface area (Å²) in [6.45, 7) is 16.3. The van der Waals surface area contributed by atoms with E-state index in [1.54, 1.807) is 0 Å². The van der Waals surface area contributed by atoms with Gasteiger partial charge in [0.25, 0.3) is 0 Å². The molecule has 19 heavy (non-hydrogen) atoms. The van der Waals surface area contributed by atoms with E-state index in [1.165, 1.54) is 5.56 Å². The van der Waals surface area contributed by atoms with Gasteiger partial charge in [0.15, 0.2) is 0 Å². The van der Waals surface area contributed by atoms with Crippen LogP contribution in [0.15, 0.2) is 31.0 Å². The smallest absolute Gasteiger partial charge is 0.128 e. The van der Waals surface area contributed by atoms with Crippen LogP contribution in [0.4, 0.5) is 5.82 Å². The third-order valence-electron chi connectivity index (χ3n) is 2.88. The van der Waals surface area contributed by atoms with Crippen molar-refractivity contribution in [2.24, 2.45) is 0 Å². The lowest BCUT2D eigenvalue weighted by Gasteiger charge is -2.26. The summed E-state index contributed by atoms with van der Waals surface area (Å²) in [6.07, 6.45) is 3.86. The largest absolute Gasteiger partial charge is 0.350 e. The first kappa shape index (κ1) is 15.7. The summed E-state index contributed by atoms with van der Waals surface area (Å²) >= 11 is 0. The van der Waals surface area contributed by atoms with Gasteiger partial charge >= 0.3 is 0 Å². The first-order valence-electron chi connectivity index (χ1n) is 6.91. The van der Waals surface area contributed by atoms with Crippen LogP contribution in [0, 0.1) is 0 Å². The summed E-state index contributed by atoms with van der Waals surface area (Å²) in [7, 11) is 0. The molecule has 0 unspecified atom stereocenters. The Morgan fingerprint density at radius 3 is 2.47 bits per heavy atom. The zero-order valence-electron chi connectivity index (χ0n) is 12.9. The molecule has 0 atom stereocenters. The third kappa shape index (κ3) is 5.43. The van der Waals surface area contributed by atoms with Crippen LogP contribution < -0.4 is 10.2 Å². The lowest BCUT2D eigenvalue weighted by Crippen LogP contribution is -2.35. The van der Waals surface area contributed by atoms with Crippen LogP contribution in [-0.2, 0) is 6.54 Å². The van der Waals surface area contributed by atoms with Crippen molar-refractivity contribution in [1.82, 2.24) is 10.3 Å². The summed E-state index contributed by atoms with van der Waals surface area (Å²) < 4.78 is 0. The van der Waals surface area contributed by atoms with E-state index in [1.807, 2.05) is 12.3 Å². The first-order valence-corrected chi connectivity index (χ1v) is 6.91. The third-order valence-corrected chi connectivity index (χ3v) is 2.88. The van der Waals surface area contributed by atoms with Crippen molar-refractivity contribution in [3.05, 3.63) is 36.5 Å². The van der Waals surface area contributed by atoms with Crippen LogP contribution in [0.5, 0.6) is 0 Å². The van der Waals surface area contributed by atoms with Gasteiger partial charge in [0.05, 0.1) is 0 Å². The summed E-state index contributed by atoms with van der Waals surface area (Å²) in [5.74, 6) is 1.01. The predicted molar refractivity (Wildman–Crippen MR) is 83.5 cm³/mol. The minimum Gasteiger partial charge on any atom is -0.350 e. The predicted octanol–water partition coefficient (Wildman–Crippen LogP) is 3.37. The van der Waals surface area contributed by atoms with Gasteiger partial charge in [-0.05, 0) is 46.2 Å². The number of pyridine rings is 1. The van der Waals surface area contributed by atoms with Crippen molar-refractivity contribution in [1.29, 1.82) is 0 Å². The number of aromatic nitrogens is 1. The molecule has 106 valence electrons. The van der Waals surface area contributed by atoms with Crippen LogP contribution in [0.1, 0.15) is 40.2 Å². The first-order chi connectivity index (χ1) is 8.83. The summed E-state index contributed by atoms with van der Waals surface area (Å²) in [6, 6.07) is 4.65. The van der Waals surface area contributed by atoms with Crippen LogP contribution in [0.2, 0.25) is 0 Å². The maximum absolute atomic E-state index is 4.56. The van der Waals surface area contributed by atoms with Gasteiger partial charge in [-0.3, -0.25) is 0 Å². The fourth-order valence-corrected chi connectivity index (χ4v) is 1.77. The molecule has 1 aromatic heterocycles. The quantitative estimate of drug-likeness (QED) is 0.796. The molecule has 3 nitrogen and oxygen atoms in total. The van der Waals surface area contributed by atoms with E-state index in [9.17, 15) is 0 Å². The van der Waals surface area contributed by atoms with Crippen molar-refractivity contribution < 1.29 is 0 Å². The molecule has 0 saturated carbocycles. The SMILES string of the molecule is C=CCN(c1ccc(CNC(C)(C)C)cn1)C(C)C. The van der Waals surface area contributed by atoms with E-state index in [0.717, 1.165) is 18.9 Å². The molecule has 0 spiro atoms. The highest BCUT2D eigenvalue weighted by molar-refractivity contribution is 5.41. The fourth-order valence-electron chi connectivity index (χ4n) is 1.77. The zero-order valence-corrected chi connectivity index (χ0v) is 12.9. The lowest BCUT2D eigenvalue weighted by atomic mass is 10.1. The molecule has 0 aromatic carbocycles. The maximum Gasteiger partial charge on any atom is 0.128 e. The van der Waals surface area contributed by atoms with Crippen molar-refractivity contribution >= 4 is 5.82 Å². The molecule has 1 aromatic rings. The zero-order chi connectivity index (χ0) is 14.5. The Balaban J connectivity index is 2.72. The Kier molecular flexibility index (Phi) is 5.55. The van der Waals surface area contributed by atoms with E-state index in [4.69, 9.17) is 0 Å². The second kappa shape index (κ2) is 6.71. The number of rotatable bonds is 6. The Labute approximate surface area is 117 Å². The van der Waals surface area contributed by atoms with Gasteiger partial charge in [-0.2, -0.15) is 0 Å². The molecule has 0 fully saturated rings. The van der Waals surface area contributed by atoms with Gasteiger partial charge in [-0.1, -0.05) is 12.1 Å². The molecule has 0 bridgehead atoms. The molecule has 0 amide bonds. The highest BCUT2D eigenvalue weighted by Crippen LogP contribution is 2.14. The number of anilines is 1. The number of nitrogens with one attached hydrogen (secondary N) is 1. The van der Waals surface area contributed by atoms with E-state index < -0.39 is 0 Å². The Bertz CT molecular complexity index is 387. The highest BCUT2D eigenvalue weighted by atomic mass is 15.2. The van der Waals surface area contributed by atoms with Gasteiger partial charge in [0.2, 0.25) is 0 Å². The molecule has 0 aliphatic rings. The Morgan fingerprint density at radius 2 is 2.05 bits per heavy atom. The second-order valence-corrected chi connectivity index (χ2v) is 6.16. The van der Waals surface area contributed by atoms with Gasteiger partial charge in [0.1, 0.15) is 5.82 Å². The fraction of sp³-hybridized carbons (Fsp3) is 0.562. The van der Waals surface area contributed by atoms with E-state index >= 15 is 0 Å². The summed E-state index contributed by atoms with van der Waals surface area (Å²) in [4.78, 5) is 6.79. The van der Waals surface area contributed by atoms with Crippen LogP contribution in [0.3, 0.4) is 0 Å². The van der Waals surface area contributed by atoms with Crippen LogP contribution >= 0.6 is 0 Å². The van der Waals surface area contributed by atoms with Gasteiger partial charge in [-0.15, -0.1) is 6.58 Å². The monoisotopic (exact) mass is 261 g/mol. The molecule has 3 heteroatoms. The summed E-state index contributed by atoms with van der Waals surface area (Å²) in [5, 5.41) is 3.46. The molecule has 1 N–H and O–H groups in total. The molecule has 0 aliphatic carbocycles. The van der Waals surface area contributed by atoms with E-state index in [0.29, 0.717) is 6.04 Å². The standard InChI is InChI=1S/C16H27N3/c1-7-10-19(13(2)3)15-9-8-14(11-17-15)12-18-16(4,5)6/h7-9,11,13,18H,1,10,12H2,2-6H3. The Hall–Kier alpha value is -1.35. The normalized spacial score (nSPS) is 11.7. The second-order valence-electron chi connectivity index (χ2n) is 6.16. The number of hydrogen-bond acceptors (Lipinski definition) is 3. The van der Waals surface area contributed by atoms with Gasteiger partial charge in [0, 0.05) is 30.9 Å². The molecule has 0 saturated heterocycles. The lowest BCUT2D eigenvalue weighted by molar-refractivity contribution is 0.424. The maximum atomic E-state index is 4.56. The number of hydrogen-bond donors (Lipinski definition) is 1. The van der Waals surface area contributed by atoms with Gasteiger partial charge in [-0.25, -0.2) is 4.98 Å². The molecular weight excluding hydrogens is 234 g/mol. The highest BCUT2D eigenvalue weighted by Gasteiger charge is 2.11. The van der Waals surface area contributed by atoms with Crippen molar-refractivity contribution in [3.63, 3.8) is 0 Å². The minimum atomic E-state index is 0.130. The topological polar surface area (TPSA) is 28.2 Å². The molecule has 1 heterocycles. The van der Waals surface area contributed by atoms with Crippen molar-refractivity contribution in [2.75, 3.05) is 11.4 Å². The van der Waals surface area contributed by atoms with Crippen LogP contribution in [0.25, 0.3) is 0 Å². The van der Waals surface area contributed by atoms with E-state index in [-0.39, 0.29) is 5.54 Å². The van der Waals surface area contributed by atoms with Gasteiger partial charge < -0.3 is 10.2 Å². The minimum absolute atomic E-state index is 0.130. The van der Waals surface area contributed by atoms with E-state index in [2.05, 4.69) is 68.5 Å². The molecule has 0 radical (unpaired) electrons. The molecular formula is C16H27N3. The number of nitrogens with zero attached hydrogens (tertiary/aromatic N) is 2. The molecule has 0 aliphatic heterocycles. The Morgan fingerprint density at radius 1 is 1.37 bits per heavy atom. The average Bonchev–Trinajstić information content (AvgIpc) is 2.33. The van der Waals surface area contributed by atoms with Crippen LogP contribution in [-0.4, -0.2) is 23.1 Å². The van der Waals surface area contributed by atoms with Crippen molar-refractivity contribution in [3.8, 4) is 0 Å².